The van der Waals surface area contributed by atoms with Crippen molar-refractivity contribution in [2.24, 2.45) is 5.73 Å². The fraction of sp³-hybridized carbons (Fsp3) is 0.684. The van der Waals surface area contributed by atoms with E-state index in [0.717, 1.165) is 6.54 Å². The van der Waals surface area contributed by atoms with Gasteiger partial charge in [0, 0.05) is 12.0 Å². The molecule has 0 atom stereocenters. The SMILES string of the molecule is CC(C)c1ccc(C(C)C)c(C2(CN)CCCCC2)c1. The van der Waals surface area contributed by atoms with Gasteiger partial charge in [0.15, 0.2) is 0 Å². The van der Waals surface area contributed by atoms with Gasteiger partial charge in [-0.3, -0.25) is 0 Å². The summed E-state index contributed by atoms with van der Waals surface area (Å²) in [4.78, 5) is 0. The first-order chi connectivity index (χ1) is 9.50. The summed E-state index contributed by atoms with van der Waals surface area (Å²) in [5.74, 6) is 1.17. The van der Waals surface area contributed by atoms with Gasteiger partial charge in [-0.05, 0) is 41.4 Å². The first-order valence-corrected chi connectivity index (χ1v) is 8.34. The third-order valence-corrected chi connectivity index (χ3v) is 5.14. The van der Waals surface area contributed by atoms with Crippen LogP contribution >= 0.6 is 0 Å². The summed E-state index contributed by atoms with van der Waals surface area (Å²) >= 11 is 0. The Hall–Kier alpha value is -0.820. The first kappa shape index (κ1) is 15.6. The predicted molar refractivity (Wildman–Crippen MR) is 88.4 cm³/mol. The zero-order valence-corrected chi connectivity index (χ0v) is 13.7. The summed E-state index contributed by atoms with van der Waals surface area (Å²) in [5.41, 5.74) is 11.0. The lowest BCUT2D eigenvalue weighted by Crippen LogP contribution is -2.38. The summed E-state index contributed by atoms with van der Waals surface area (Å²) in [7, 11) is 0. The summed E-state index contributed by atoms with van der Waals surface area (Å²) in [6, 6.07) is 7.15. The Kier molecular flexibility index (Phi) is 4.90. The van der Waals surface area contributed by atoms with Crippen LogP contribution in [0.4, 0.5) is 0 Å². The van der Waals surface area contributed by atoms with Gasteiger partial charge in [-0.25, -0.2) is 0 Å². The molecule has 0 spiro atoms. The molecule has 1 aromatic rings. The third kappa shape index (κ3) is 2.93. The van der Waals surface area contributed by atoms with E-state index in [9.17, 15) is 0 Å². The maximum atomic E-state index is 6.27. The van der Waals surface area contributed by atoms with Crippen LogP contribution in [0.2, 0.25) is 0 Å². The molecule has 112 valence electrons. The second-order valence-corrected chi connectivity index (χ2v) is 7.20. The van der Waals surface area contributed by atoms with Crippen molar-refractivity contribution in [3.63, 3.8) is 0 Å². The minimum atomic E-state index is 0.239. The molecule has 0 amide bonds. The van der Waals surface area contributed by atoms with Crippen molar-refractivity contribution in [3.05, 3.63) is 34.9 Å². The molecule has 0 heterocycles. The second-order valence-electron chi connectivity index (χ2n) is 7.20. The van der Waals surface area contributed by atoms with Gasteiger partial charge in [0.2, 0.25) is 0 Å². The Morgan fingerprint density at radius 1 is 1.00 bits per heavy atom. The molecule has 0 aliphatic heterocycles. The average molecular weight is 273 g/mol. The molecule has 1 nitrogen and oxygen atoms in total. The molecule has 0 bridgehead atoms. The van der Waals surface area contributed by atoms with Crippen LogP contribution in [0.15, 0.2) is 18.2 Å². The highest BCUT2D eigenvalue weighted by Crippen LogP contribution is 2.42. The molecular formula is C19H31N. The van der Waals surface area contributed by atoms with Crippen LogP contribution in [-0.4, -0.2) is 6.54 Å². The molecular weight excluding hydrogens is 242 g/mol. The summed E-state index contributed by atoms with van der Waals surface area (Å²) in [5, 5.41) is 0. The minimum Gasteiger partial charge on any atom is -0.330 e. The maximum absolute atomic E-state index is 6.27. The van der Waals surface area contributed by atoms with E-state index in [1.807, 2.05) is 0 Å². The van der Waals surface area contributed by atoms with Crippen LogP contribution in [0, 0.1) is 0 Å². The molecule has 1 aromatic carbocycles. The highest BCUT2D eigenvalue weighted by Gasteiger charge is 2.34. The number of benzene rings is 1. The van der Waals surface area contributed by atoms with E-state index in [2.05, 4.69) is 45.9 Å². The zero-order valence-electron chi connectivity index (χ0n) is 13.7. The minimum absolute atomic E-state index is 0.239. The van der Waals surface area contributed by atoms with Crippen LogP contribution < -0.4 is 5.73 Å². The van der Waals surface area contributed by atoms with Crippen LogP contribution in [0.5, 0.6) is 0 Å². The van der Waals surface area contributed by atoms with Gasteiger partial charge in [0.25, 0.3) is 0 Å². The Morgan fingerprint density at radius 2 is 1.65 bits per heavy atom. The monoisotopic (exact) mass is 273 g/mol. The lowest BCUT2D eigenvalue weighted by atomic mass is 9.66. The van der Waals surface area contributed by atoms with Crippen molar-refractivity contribution >= 4 is 0 Å². The Balaban J connectivity index is 2.52. The van der Waals surface area contributed by atoms with E-state index in [1.54, 1.807) is 5.56 Å². The number of nitrogens with two attached hydrogens (primary N) is 1. The van der Waals surface area contributed by atoms with Gasteiger partial charge in [-0.1, -0.05) is 65.2 Å². The summed E-state index contributed by atoms with van der Waals surface area (Å²) < 4.78 is 0. The number of hydrogen-bond acceptors (Lipinski definition) is 1. The van der Waals surface area contributed by atoms with E-state index < -0.39 is 0 Å². The molecule has 1 fully saturated rings. The lowest BCUT2D eigenvalue weighted by Gasteiger charge is -2.39. The smallest absolute Gasteiger partial charge is 0.00784 e. The standard InChI is InChI=1S/C19H31N/c1-14(2)16-8-9-17(15(3)4)18(12-16)19(13-20)10-6-5-7-11-19/h8-9,12,14-15H,5-7,10-11,13,20H2,1-4H3. The molecule has 2 rings (SSSR count). The summed E-state index contributed by atoms with van der Waals surface area (Å²) in [6.07, 6.45) is 6.58. The van der Waals surface area contributed by atoms with Crippen molar-refractivity contribution in [2.45, 2.75) is 77.0 Å². The van der Waals surface area contributed by atoms with Crippen LogP contribution in [0.1, 0.15) is 88.3 Å². The molecule has 0 saturated heterocycles. The maximum Gasteiger partial charge on any atom is 0.00784 e. The van der Waals surface area contributed by atoms with Crippen molar-refractivity contribution < 1.29 is 0 Å². The zero-order chi connectivity index (χ0) is 14.8. The van der Waals surface area contributed by atoms with E-state index in [0.29, 0.717) is 11.8 Å². The largest absolute Gasteiger partial charge is 0.330 e. The van der Waals surface area contributed by atoms with Crippen LogP contribution in [0.25, 0.3) is 0 Å². The third-order valence-electron chi connectivity index (χ3n) is 5.14. The Bertz CT molecular complexity index is 439. The molecule has 0 aromatic heterocycles. The van der Waals surface area contributed by atoms with Crippen molar-refractivity contribution in [1.29, 1.82) is 0 Å². The quantitative estimate of drug-likeness (QED) is 0.812. The van der Waals surface area contributed by atoms with Crippen molar-refractivity contribution in [3.8, 4) is 0 Å². The molecule has 1 aliphatic carbocycles. The fourth-order valence-corrected chi connectivity index (χ4v) is 3.71. The normalized spacial score (nSPS) is 18.8. The van der Waals surface area contributed by atoms with E-state index in [4.69, 9.17) is 5.73 Å². The van der Waals surface area contributed by atoms with Gasteiger partial charge in [0.1, 0.15) is 0 Å². The Labute approximate surface area is 125 Å². The number of rotatable bonds is 4. The van der Waals surface area contributed by atoms with Gasteiger partial charge >= 0.3 is 0 Å². The molecule has 20 heavy (non-hydrogen) atoms. The Morgan fingerprint density at radius 3 is 2.15 bits per heavy atom. The first-order valence-electron chi connectivity index (χ1n) is 8.34. The molecule has 1 heteroatoms. The van der Waals surface area contributed by atoms with Gasteiger partial charge < -0.3 is 5.73 Å². The molecule has 0 radical (unpaired) electrons. The van der Waals surface area contributed by atoms with E-state index in [1.165, 1.54) is 43.2 Å². The van der Waals surface area contributed by atoms with E-state index >= 15 is 0 Å². The van der Waals surface area contributed by atoms with Gasteiger partial charge in [-0.2, -0.15) is 0 Å². The molecule has 0 unspecified atom stereocenters. The van der Waals surface area contributed by atoms with Crippen LogP contribution in [0.3, 0.4) is 0 Å². The predicted octanol–water partition coefficient (Wildman–Crippen LogP) is 5.09. The van der Waals surface area contributed by atoms with Crippen molar-refractivity contribution in [2.75, 3.05) is 6.54 Å². The highest BCUT2D eigenvalue weighted by molar-refractivity contribution is 5.41. The van der Waals surface area contributed by atoms with Crippen molar-refractivity contribution in [1.82, 2.24) is 0 Å². The lowest BCUT2D eigenvalue weighted by molar-refractivity contribution is 0.298. The van der Waals surface area contributed by atoms with E-state index in [-0.39, 0.29) is 5.41 Å². The second kappa shape index (κ2) is 6.30. The molecule has 1 saturated carbocycles. The molecule has 2 N–H and O–H groups in total. The van der Waals surface area contributed by atoms with Crippen LogP contribution in [-0.2, 0) is 5.41 Å². The fourth-order valence-electron chi connectivity index (χ4n) is 3.71. The average Bonchev–Trinajstić information content (AvgIpc) is 2.47. The highest BCUT2D eigenvalue weighted by atomic mass is 14.6. The summed E-state index contributed by atoms with van der Waals surface area (Å²) in [6.45, 7) is 9.98. The number of hydrogen-bond donors (Lipinski definition) is 1. The van der Waals surface area contributed by atoms with Gasteiger partial charge in [0.05, 0.1) is 0 Å². The van der Waals surface area contributed by atoms with Gasteiger partial charge in [-0.15, -0.1) is 0 Å². The topological polar surface area (TPSA) is 26.0 Å². The molecule has 1 aliphatic rings.